The van der Waals surface area contributed by atoms with Crippen LogP contribution in [-0.2, 0) is 18.2 Å². The van der Waals surface area contributed by atoms with Crippen LogP contribution in [0.15, 0.2) is 6.33 Å². The lowest BCUT2D eigenvalue weighted by atomic mass is 9.78. The van der Waals surface area contributed by atoms with Crippen molar-refractivity contribution in [1.29, 1.82) is 0 Å². The van der Waals surface area contributed by atoms with Crippen LogP contribution in [0.2, 0.25) is 0 Å². The third kappa shape index (κ3) is 3.13. The molecule has 0 amide bonds. The van der Waals surface area contributed by atoms with Gasteiger partial charge < -0.3 is 4.74 Å². The molecule has 3 N–H and O–H groups in total. The fraction of sp³-hybridized carbons (Fsp3) is 0.846. The van der Waals surface area contributed by atoms with Gasteiger partial charge in [-0.25, -0.2) is 4.98 Å². The van der Waals surface area contributed by atoms with E-state index < -0.39 is 0 Å². The first-order valence-corrected chi connectivity index (χ1v) is 7.15. The quantitative estimate of drug-likeness (QED) is 0.592. The predicted octanol–water partition coefficient (Wildman–Crippen LogP) is 0.929. The smallest absolute Gasteiger partial charge is 0.138 e. The monoisotopic (exact) mass is 267 g/mol. The van der Waals surface area contributed by atoms with Crippen molar-refractivity contribution < 1.29 is 4.74 Å². The second-order valence-electron chi connectivity index (χ2n) is 5.28. The molecule has 0 bridgehead atoms. The van der Waals surface area contributed by atoms with E-state index in [0.29, 0.717) is 0 Å². The first kappa shape index (κ1) is 14.4. The molecule has 1 aliphatic carbocycles. The number of ether oxygens (including phenoxy) is 1. The minimum absolute atomic E-state index is 0.0793. The third-order valence-electron chi connectivity index (χ3n) is 4.16. The summed E-state index contributed by atoms with van der Waals surface area (Å²) < 4.78 is 7.91. The van der Waals surface area contributed by atoms with Gasteiger partial charge in [-0.05, 0) is 19.8 Å². The molecule has 0 spiro atoms. The summed E-state index contributed by atoms with van der Waals surface area (Å²) in [5.41, 5.74) is 2.80. The lowest BCUT2D eigenvalue weighted by Gasteiger charge is -2.42. The number of rotatable bonds is 6. The van der Waals surface area contributed by atoms with E-state index in [9.17, 15) is 0 Å². The zero-order valence-electron chi connectivity index (χ0n) is 11.9. The van der Waals surface area contributed by atoms with E-state index in [2.05, 4.69) is 15.5 Å². The Hall–Kier alpha value is -0.980. The van der Waals surface area contributed by atoms with Crippen molar-refractivity contribution in [3.8, 4) is 0 Å². The van der Waals surface area contributed by atoms with Crippen molar-refractivity contribution in [3.05, 3.63) is 12.2 Å². The highest BCUT2D eigenvalue weighted by Crippen LogP contribution is 2.35. The van der Waals surface area contributed by atoms with Crippen LogP contribution in [0, 0.1) is 0 Å². The van der Waals surface area contributed by atoms with Gasteiger partial charge in [0.05, 0.1) is 11.6 Å². The van der Waals surface area contributed by atoms with Crippen LogP contribution in [0.3, 0.4) is 0 Å². The molecule has 0 radical (unpaired) electrons. The highest BCUT2D eigenvalue weighted by Gasteiger charge is 2.40. The summed E-state index contributed by atoms with van der Waals surface area (Å²) in [5, 5.41) is 4.11. The number of nitrogens with two attached hydrogens (primary N) is 1. The standard InChI is InChI=1S/C13H25N5O/c1-3-19-13(7-5-4-6-8-13)11(17-14)9-12-15-10-16-18(12)2/h10-11,17H,3-9,14H2,1-2H3. The average Bonchev–Trinajstić information content (AvgIpc) is 2.82. The maximum Gasteiger partial charge on any atom is 0.138 e. The summed E-state index contributed by atoms with van der Waals surface area (Å²) in [7, 11) is 1.91. The van der Waals surface area contributed by atoms with Crippen molar-refractivity contribution in [2.24, 2.45) is 12.9 Å². The molecule has 1 aromatic rings. The minimum atomic E-state index is -0.159. The van der Waals surface area contributed by atoms with Gasteiger partial charge in [-0.15, -0.1) is 0 Å². The van der Waals surface area contributed by atoms with Crippen LogP contribution in [0.25, 0.3) is 0 Å². The van der Waals surface area contributed by atoms with Crippen LogP contribution in [0.4, 0.5) is 0 Å². The maximum atomic E-state index is 6.11. The molecular weight excluding hydrogens is 242 g/mol. The number of nitrogens with zero attached hydrogens (tertiary/aromatic N) is 3. The first-order valence-electron chi connectivity index (χ1n) is 7.15. The van der Waals surface area contributed by atoms with E-state index in [0.717, 1.165) is 31.7 Å². The fourth-order valence-corrected chi connectivity index (χ4v) is 3.12. The van der Waals surface area contributed by atoms with Crippen LogP contribution < -0.4 is 11.3 Å². The van der Waals surface area contributed by atoms with Gasteiger partial charge in [-0.1, -0.05) is 19.3 Å². The number of hydrogen-bond acceptors (Lipinski definition) is 5. The molecule has 2 rings (SSSR count). The molecule has 0 aromatic carbocycles. The van der Waals surface area contributed by atoms with Crippen LogP contribution >= 0.6 is 0 Å². The Bertz CT molecular complexity index is 381. The highest BCUT2D eigenvalue weighted by molar-refractivity contribution is 5.00. The second-order valence-corrected chi connectivity index (χ2v) is 5.28. The van der Waals surface area contributed by atoms with Gasteiger partial charge in [0.25, 0.3) is 0 Å². The molecule has 1 saturated carbocycles. The van der Waals surface area contributed by atoms with Gasteiger partial charge in [0, 0.05) is 20.1 Å². The lowest BCUT2D eigenvalue weighted by molar-refractivity contribution is -0.0903. The Kier molecular flexibility index (Phi) is 4.90. The molecule has 1 unspecified atom stereocenters. The average molecular weight is 267 g/mol. The van der Waals surface area contributed by atoms with Gasteiger partial charge >= 0.3 is 0 Å². The van der Waals surface area contributed by atoms with Crippen molar-refractivity contribution in [1.82, 2.24) is 20.2 Å². The molecule has 1 aromatic heterocycles. The Balaban J connectivity index is 2.14. The molecule has 6 heteroatoms. The van der Waals surface area contributed by atoms with Crippen molar-refractivity contribution >= 4 is 0 Å². The Morgan fingerprint density at radius 1 is 1.47 bits per heavy atom. The van der Waals surface area contributed by atoms with Gasteiger partial charge in [0.1, 0.15) is 12.2 Å². The number of hydrogen-bond donors (Lipinski definition) is 2. The van der Waals surface area contributed by atoms with Crippen molar-refractivity contribution in [2.45, 2.75) is 57.1 Å². The zero-order chi connectivity index (χ0) is 13.7. The third-order valence-corrected chi connectivity index (χ3v) is 4.16. The molecule has 1 aliphatic rings. The number of aromatic nitrogens is 3. The summed E-state index contributed by atoms with van der Waals surface area (Å²) in [6.07, 6.45) is 8.15. The Labute approximate surface area is 114 Å². The van der Waals surface area contributed by atoms with Gasteiger partial charge in [0.15, 0.2) is 0 Å². The summed E-state index contributed by atoms with van der Waals surface area (Å²) in [6, 6.07) is 0.0793. The molecule has 1 atom stereocenters. The molecule has 0 saturated heterocycles. The second kappa shape index (κ2) is 6.45. The normalized spacial score (nSPS) is 20.4. The fourth-order valence-electron chi connectivity index (χ4n) is 3.12. The van der Waals surface area contributed by atoms with E-state index in [4.69, 9.17) is 10.6 Å². The SMILES string of the molecule is CCOC1(C(Cc2ncnn2C)NN)CCCCC1. The lowest BCUT2D eigenvalue weighted by Crippen LogP contribution is -2.57. The van der Waals surface area contributed by atoms with Crippen LogP contribution in [-0.4, -0.2) is 33.0 Å². The molecule has 19 heavy (non-hydrogen) atoms. The van der Waals surface area contributed by atoms with Crippen LogP contribution in [0.1, 0.15) is 44.9 Å². The van der Waals surface area contributed by atoms with Gasteiger partial charge in [-0.2, -0.15) is 5.10 Å². The van der Waals surface area contributed by atoms with Crippen molar-refractivity contribution in [2.75, 3.05) is 6.61 Å². The van der Waals surface area contributed by atoms with E-state index in [1.54, 1.807) is 11.0 Å². The van der Waals surface area contributed by atoms with E-state index in [-0.39, 0.29) is 11.6 Å². The minimum Gasteiger partial charge on any atom is -0.374 e. The van der Waals surface area contributed by atoms with E-state index in [1.165, 1.54) is 19.3 Å². The number of nitrogens with one attached hydrogen (secondary N) is 1. The molecular formula is C13H25N5O. The highest BCUT2D eigenvalue weighted by atomic mass is 16.5. The largest absolute Gasteiger partial charge is 0.374 e. The molecule has 1 fully saturated rings. The number of hydrazine groups is 1. The molecule has 6 nitrogen and oxygen atoms in total. The van der Waals surface area contributed by atoms with Crippen LogP contribution in [0.5, 0.6) is 0 Å². The summed E-state index contributed by atoms with van der Waals surface area (Å²) in [6.45, 7) is 2.77. The Morgan fingerprint density at radius 2 is 2.21 bits per heavy atom. The summed E-state index contributed by atoms with van der Waals surface area (Å²) in [4.78, 5) is 4.29. The Morgan fingerprint density at radius 3 is 2.74 bits per heavy atom. The number of aryl methyl sites for hydroxylation is 1. The maximum absolute atomic E-state index is 6.11. The van der Waals surface area contributed by atoms with E-state index >= 15 is 0 Å². The van der Waals surface area contributed by atoms with Gasteiger partial charge in [0.2, 0.25) is 0 Å². The topological polar surface area (TPSA) is 78.0 Å². The summed E-state index contributed by atoms with van der Waals surface area (Å²) in [5.74, 6) is 6.74. The zero-order valence-corrected chi connectivity index (χ0v) is 11.9. The molecule has 0 aliphatic heterocycles. The predicted molar refractivity (Wildman–Crippen MR) is 73.3 cm³/mol. The van der Waals surface area contributed by atoms with Gasteiger partial charge in [-0.3, -0.25) is 16.0 Å². The molecule has 108 valence electrons. The molecule has 1 heterocycles. The first-order chi connectivity index (χ1) is 9.22. The van der Waals surface area contributed by atoms with E-state index in [1.807, 2.05) is 14.0 Å². The summed E-state index contributed by atoms with van der Waals surface area (Å²) >= 11 is 0. The van der Waals surface area contributed by atoms with Crippen molar-refractivity contribution in [3.63, 3.8) is 0 Å².